The third-order valence-corrected chi connectivity index (χ3v) is 4.37. The van der Waals surface area contributed by atoms with Crippen LogP contribution < -0.4 is 10.5 Å². The van der Waals surface area contributed by atoms with E-state index in [2.05, 4.69) is 4.72 Å². The molecule has 5 nitrogen and oxygen atoms in total. The molecule has 6 heteroatoms. The fraction of sp³-hybridized carbons (Fsp3) is 0.364. The summed E-state index contributed by atoms with van der Waals surface area (Å²) in [5, 5.41) is 7.38. The Kier molecular flexibility index (Phi) is 3.47. The molecule has 0 heterocycles. The number of nitrogens with two attached hydrogens (primary N) is 1. The molecule has 0 fully saturated rings. The van der Waals surface area contributed by atoms with Gasteiger partial charge in [-0.1, -0.05) is 12.1 Å². The van der Waals surface area contributed by atoms with E-state index in [4.69, 9.17) is 11.1 Å². The zero-order valence-corrected chi connectivity index (χ0v) is 10.9. The predicted octanol–water partition coefficient (Wildman–Crippen LogP) is 1.51. The molecule has 0 bridgehead atoms. The lowest BCUT2D eigenvalue weighted by atomic mass is 10.2. The van der Waals surface area contributed by atoms with E-state index >= 15 is 0 Å². The molecular formula is C11H17N3O2S. The number of nitrogens with one attached hydrogen (secondary N) is 2. The maximum atomic E-state index is 12.0. The van der Waals surface area contributed by atoms with Crippen LogP contribution in [0, 0.1) is 5.41 Å². The number of nitrogen functional groups attached to an aromatic ring is 1. The van der Waals surface area contributed by atoms with Crippen molar-refractivity contribution in [2.45, 2.75) is 25.5 Å². The number of hydrogen-bond acceptors (Lipinski definition) is 3. The van der Waals surface area contributed by atoms with Gasteiger partial charge >= 0.3 is 0 Å². The van der Waals surface area contributed by atoms with Crippen LogP contribution in [0.4, 0.5) is 5.69 Å². The molecule has 1 rings (SSSR count). The summed E-state index contributed by atoms with van der Waals surface area (Å²) in [4.78, 5) is 0. The molecule has 0 saturated heterocycles. The lowest BCUT2D eigenvalue weighted by molar-refractivity contribution is 0.566. The largest absolute Gasteiger partial charge is 0.384 e. The molecule has 1 aromatic carbocycles. The van der Waals surface area contributed by atoms with Gasteiger partial charge in [0.1, 0.15) is 5.84 Å². The Morgan fingerprint density at radius 3 is 2.29 bits per heavy atom. The first-order valence-corrected chi connectivity index (χ1v) is 6.59. The minimum atomic E-state index is -3.51. The predicted molar refractivity (Wildman–Crippen MR) is 69.8 cm³/mol. The molecule has 0 aliphatic rings. The molecule has 0 aromatic heterocycles. The molecule has 0 unspecified atom stereocenters. The average molecular weight is 255 g/mol. The van der Waals surface area contributed by atoms with E-state index in [0.717, 1.165) is 0 Å². The third-order valence-electron chi connectivity index (χ3n) is 2.27. The van der Waals surface area contributed by atoms with Gasteiger partial charge in [0.05, 0.1) is 10.4 Å². The smallest absolute Gasteiger partial charge is 0.237 e. The summed E-state index contributed by atoms with van der Waals surface area (Å²) in [5.74, 6) is -0.169. The van der Waals surface area contributed by atoms with Crippen LogP contribution >= 0.6 is 0 Å². The van der Waals surface area contributed by atoms with E-state index in [9.17, 15) is 8.42 Å². The normalized spacial score (nSPS) is 12.2. The second-order valence-electron chi connectivity index (χ2n) is 4.68. The Hall–Kier alpha value is -1.56. The lowest BCUT2D eigenvalue weighted by Crippen LogP contribution is -2.34. The molecule has 0 amide bonds. The van der Waals surface area contributed by atoms with E-state index in [-0.39, 0.29) is 5.84 Å². The monoisotopic (exact) mass is 255 g/mol. The number of sulfonamides is 1. The quantitative estimate of drug-likeness (QED) is 0.564. The number of para-hydroxylation sites is 1. The van der Waals surface area contributed by atoms with Crippen molar-refractivity contribution in [2.75, 3.05) is 4.72 Å². The average Bonchev–Trinajstić information content (AvgIpc) is 2.15. The van der Waals surface area contributed by atoms with Crippen molar-refractivity contribution < 1.29 is 8.42 Å². The highest BCUT2D eigenvalue weighted by Gasteiger charge is 2.29. The number of hydrogen-bond donors (Lipinski definition) is 3. The number of benzene rings is 1. The molecule has 0 aliphatic carbocycles. The van der Waals surface area contributed by atoms with Gasteiger partial charge in [0.2, 0.25) is 10.0 Å². The second kappa shape index (κ2) is 4.37. The summed E-state index contributed by atoms with van der Waals surface area (Å²) >= 11 is 0. The van der Waals surface area contributed by atoms with Crippen LogP contribution in [0.25, 0.3) is 0 Å². The fourth-order valence-corrected chi connectivity index (χ4v) is 1.88. The van der Waals surface area contributed by atoms with Crippen LogP contribution in [-0.2, 0) is 10.0 Å². The summed E-state index contributed by atoms with van der Waals surface area (Å²) in [6.45, 7) is 4.81. The zero-order valence-electron chi connectivity index (χ0n) is 10.1. The number of anilines is 1. The van der Waals surface area contributed by atoms with Crippen LogP contribution in [0.1, 0.15) is 26.3 Å². The molecule has 0 aliphatic heterocycles. The van der Waals surface area contributed by atoms with Crippen molar-refractivity contribution in [2.24, 2.45) is 5.73 Å². The van der Waals surface area contributed by atoms with Gasteiger partial charge < -0.3 is 5.73 Å². The van der Waals surface area contributed by atoms with Gasteiger partial charge in [0.15, 0.2) is 0 Å². The van der Waals surface area contributed by atoms with Crippen molar-refractivity contribution in [3.05, 3.63) is 29.8 Å². The Bertz CT molecular complexity index is 530. The molecule has 94 valence electrons. The first kappa shape index (κ1) is 13.5. The molecule has 0 atom stereocenters. The third kappa shape index (κ3) is 2.97. The van der Waals surface area contributed by atoms with Crippen molar-refractivity contribution in [1.82, 2.24) is 0 Å². The van der Waals surface area contributed by atoms with Gasteiger partial charge in [-0.2, -0.15) is 0 Å². The van der Waals surface area contributed by atoms with E-state index in [1.807, 2.05) is 0 Å². The summed E-state index contributed by atoms with van der Waals surface area (Å²) in [5.41, 5.74) is 6.09. The maximum Gasteiger partial charge on any atom is 0.237 e. The van der Waals surface area contributed by atoms with Gasteiger partial charge in [0.25, 0.3) is 0 Å². The van der Waals surface area contributed by atoms with Gasteiger partial charge in [-0.3, -0.25) is 10.1 Å². The highest BCUT2D eigenvalue weighted by Crippen LogP contribution is 2.22. The van der Waals surface area contributed by atoms with E-state index in [1.54, 1.807) is 45.0 Å². The van der Waals surface area contributed by atoms with Gasteiger partial charge in [-0.15, -0.1) is 0 Å². The van der Waals surface area contributed by atoms with Crippen molar-refractivity contribution in [3.8, 4) is 0 Å². The molecular weight excluding hydrogens is 238 g/mol. The van der Waals surface area contributed by atoms with Gasteiger partial charge in [0, 0.05) is 5.56 Å². The Balaban J connectivity index is 3.18. The topological polar surface area (TPSA) is 96.0 Å². The van der Waals surface area contributed by atoms with Crippen LogP contribution in [0.2, 0.25) is 0 Å². The molecule has 0 spiro atoms. The van der Waals surface area contributed by atoms with E-state index in [1.165, 1.54) is 0 Å². The standard InChI is InChI=1S/C11H17N3O2S/c1-11(2,3)17(15,16)14-9-7-5-4-6-8(9)10(12)13/h4-7,14H,1-3H3,(H3,12,13). The van der Waals surface area contributed by atoms with Gasteiger partial charge in [-0.05, 0) is 32.9 Å². The number of amidine groups is 1. The SMILES string of the molecule is CC(C)(C)S(=O)(=O)Nc1ccccc1C(=N)N. The maximum absolute atomic E-state index is 12.0. The van der Waals surface area contributed by atoms with Gasteiger partial charge in [-0.25, -0.2) is 8.42 Å². The highest BCUT2D eigenvalue weighted by molar-refractivity contribution is 7.94. The first-order chi connectivity index (χ1) is 7.65. The van der Waals surface area contributed by atoms with Crippen LogP contribution in [-0.4, -0.2) is 19.0 Å². The summed E-state index contributed by atoms with van der Waals surface area (Å²) in [7, 11) is -3.51. The van der Waals surface area contributed by atoms with Crippen LogP contribution in [0.3, 0.4) is 0 Å². The van der Waals surface area contributed by atoms with Crippen LogP contribution in [0.15, 0.2) is 24.3 Å². The molecule has 0 saturated carbocycles. The molecule has 1 aromatic rings. The summed E-state index contributed by atoms with van der Waals surface area (Å²) < 4.78 is 25.5. The van der Waals surface area contributed by atoms with Crippen molar-refractivity contribution in [1.29, 1.82) is 5.41 Å². The lowest BCUT2D eigenvalue weighted by Gasteiger charge is -2.21. The van der Waals surface area contributed by atoms with E-state index < -0.39 is 14.8 Å². The summed E-state index contributed by atoms with van der Waals surface area (Å²) in [6.07, 6.45) is 0. The second-order valence-corrected chi connectivity index (χ2v) is 7.11. The fourth-order valence-electron chi connectivity index (χ4n) is 1.10. The summed E-state index contributed by atoms with van der Waals surface area (Å²) in [6, 6.07) is 6.57. The molecule has 4 N–H and O–H groups in total. The molecule has 0 radical (unpaired) electrons. The van der Waals surface area contributed by atoms with Crippen molar-refractivity contribution >= 4 is 21.5 Å². The number of rotatable bonds is 3. The minimum Gasteiger partial charge on any atom is -0.384 e. The Labute approximate surface area is 102 Å². The van der Waals surface area contributed by atoms with E-state index in [0.29, 0.717) is 11.3 Å². The molecule has 17 heavy (non-hydrogen) atoms. The highest BCUT2D eigenvalue weighted by atomic mass is 32.2. The Morgan fingerprint density at radius 1 is 1.29 bits per heavy atom. The Morgan fingerprint density at radius 2 is 1.82 bits per heavy atom. The minimum absolute atomic E-state index is 0.169. The first-order valence-electron chi connectivity index (χ1n) is 5.11. The van der Waals surface area contributed by atoms with Crippen molar-refractivity contribution in [3.63, 3.8) is 0 Å². The van der Waals surface area contributed by atoms with Crippen LogP contribution in [0.5, 0.6) is 0 Å². The zero-order chi connectivity index (χ0) is 13.3.